The summed E-state index contributed by atoms with van der Waals surface area (Å²) in [5, 5.41) is 0. The zero-order chi connectivity index (χ0) is 14.5. The summed E-state index contributed by atoms with van der Waals surface area (Å²) in [5.41, 5.74) is 9.97. The van der Waals surface area contributed by atoms with E-state index in [1.54, 1.807) is 0 Å². The molecule has 1 atom stereocenters. The zero-order valence-electron chi connectivity index (χ0n) is 12.5. The van der Waals surface area contributed by atoms with Crippen LogP contribution < -0.4 is 5.73 Å². The van der Waals surface area contributed by atoms with Gasteiger partial charge in [0.1, 0.15) is 0 Å². The third-order valence-electron chi connectivity index (χ3n) is 3.50. The number of rotatable bonds is 5. The molecule has 1 nitrogen and oxygen atoms in total. The summed E-state index contributed by atoms with van der Waals surface area (Å²) < 4.78 is 0. The van der Waals surface area contributed by atoms with E-state index in [1.165, 1.54) is 26.5 Å². The molecule has 2 heteroatoms. The average molecular weight is 285 g/mol. The van der Waals surface area contributed by atoms with Crippen LogP contribution in [0.1, 0.15) is 30.0 Å². The van der Waals surface area contributed by atoms with Crippen molar-refractivity contribution in [1.29, 1.82) is 0 Å². The molecule has 0 amide bonds. The predicted octanol–water partition coefficient (Wildman–Crippen LogP) is 4.73. The Bertz CT molecular complexity index is 560. The second-order valence-corrected chi connectivity index (χ2v) is 6.50. The first-order valence-electron chi connectivity index (χ1n) is 7.18. The maximum Gasteiger partial charge on any atom is 0.0151 e. The highest BCUT2D eigenvalue weighted by molar-refractivity contribution is 7.99. The van der Waals surface area contributed by atoms with Gasteiger partial charge in [0.2, 0.25) is 0 Å². The molecule has 0 aliphatic heterocycles. The van der Waals surface area contributed by atoms with E-state index in [4.69, 9.17) is 5.73 Å². The molecule has 2 rings (SSSR count). The molecule has 0 aromatic heterocycles. The molecule has 0 aliphatic rings. The van der Waals surface area contributed by atoms with Crippen molar-refractivity contribution in [3.63, 3.8) is 0 Å². The van der Waals surface area contributed by atoms with Crippen LogP contribution >= 0.6 is 11.8 Å². The van der Waals surface area contributed by atoms with Crippen LogP contribution in [-0.2, 0) is 6.42 Å². The largest absolute Gasteiger partial charge is 0.327 e. The van der Waals surface area contributed by atoms with Gasteiger partial charge in [-0.3, -0.25) is 0 Å². The van der Waals surface area contributed by atoms with Gasteiger partial charge in [-0.25, -0.2) is 0 Å². The molecule has 2 aromatic carbocycles. The Balaban J connectivity index is 2.07. The molecule has 2 aromatic rings. The Morgan fingerprint density at radius 2 is 1.75 bits per heavy atom. The van der Waals surface area contributed by atoms with Crippen molar-refractivity contribution in [2.75, 3.05) is 0 Å². The summed E-state index contributed by atoms with van der Waals surface area (Å²) in [4.78, 5) is 2.61. The van der Waals surface area contributed by atoms with E-state index in [2.05, 4.69) is 63.2 Å². The normalized spacial score (nSPS) is 12.4. The first-order chi connectivity index (χ1) is 9.58. The zero-order valence-corrected chi connectivity index (χ0v) is 13.3. The second-order valence-electron chi connectivity index (χ2n) is 5.39. The fourth-order valence-corrected chi connectivity index (χ4v) is 3.06. The number of aryl methyl sites for hydroxylation is 2. The SMILES string of the molecule is CCC(N)Cc1ccc(Sc2ccc(C)cc2C)cc1. The Morgan fingerprint density at radius 3 is 2.35 bits per heavy atom. The third kappa shape index (κ3) is 4.12. The number of hydrogen-bond donors (Lipinski definition) is 1. The number of hydrogen-bond acceptors (Lipinski definition) is 2. The van der Waals surface area contributed by atoms with Crippen molar-refractivity contribution in [2.45, 2.75) is 49.4 Å². The molecule has 0 fully saturated rings. The van der Waals surface area contributed by atoms with Gasteiger partial charge < -0.3 is 5.73 Å². The maximum absolute atomic E-state index is 6.00. The van der Waals surface area contributed by atoms with Gasteiger partial charge in [0.15, 0.2) is 0 Å². The molecule has 0 aliphatic carbocycles. The molecule has 106 valence electrons. The summed E-state index contributed by atoms with van der Waals surface area (Å²) in [5.74, 6) is 0. The molecule has 2 N–H and O–H groups in total. The monoisotopic (exact) mass is 285 g/mol. The molecule has 0 heterocycles. The molecular formula is C18H23NS. The van der Waals surface area contributed by atoms with E-state index >= 15 is 0 Å². The topological polar surface area (TPSA) is 26.0 Å². The highest BCUT2D eigenvalue weighted by Crippen LogP contribution is 2.30. The predicted molar refractivity (Wildman–Crippen MR) is 88.5 cm³/mol. The van der Waals surface area contributed by atoms with Crippen LogP contribution in [0.25, 0.3) is 0 Å². The van der Waals surface area contributed by atoms with Gasteiger partial charge in [0, 0.05) is 15.8 Å². The van der Waals surface area contributed by atoms with Gasteiger partial charge in [-0.2, -0.15) is 0 Å². The van der Waals surface area contributed by atoms with Crippen molar-refractivity contribution in [1.82, 2.24) is 0 Å². The van der Waals surface area contributed by atoms with E-state index in [-0.39, 0.29) is 6.04 Å². The van der Waals surface area contributed by atoms with Crippen molar-refractivity contribution < 1.29 is 0 Å². The van der Waals surface area contributed by atoms with Gasteiger partial charge in [-0.1, -0.05) is 48.5 Å². The molecule has 0 saturated heterocycles. The highest BCUT2D eigenvalue weighted by atomic mass is 32.2. The third-order valence-corrected chi connectivity index (χ3v) is 4.69. The quantitative estimate of drug-likeness (QED) is 0.859. The lowest BCUT2D eigenvalue weighted by Gasteiger charge is -2.10. The van der Waals surface area contributed by atoms with Crippen molar-refractivity contribution >= 4 is 11.8 Å². The molecule has 1 unspecified atom stereocenters. The summed E-state index contributed by atoms with van der Waals surface area (Å²) >= 11 is 1.83. The van der Waals surface area contributed by atoms with Crippen molar-refractivity contribution in [3.8, 4) is 0 Å². The van der Waals surface area contributed by atoms with E-state index in [1.807, 2.05) is 11.8 Å². The Labute approximate surface area is 126 Å². The minimum absolute atomic E-state index is 0.271. The lowest BCUT2D eigenvalue weighted by Crippen LogP contribution is -2.21. The Morgan fingerprint density at radius 1 is 1.05 bits per heavy atom. The summed E-state index contributed by atoms with van der Waals surface area (Å²) in [7, 11) is 0. The van der Waals surface area contributed by atoms with E-state index in [0.29, 0.717) is 0 Å². The van der Waals surface area contributed by atoms with E-state index < -0.39 is 0 Å². The maximum atomic E-state index is 6.00. The Kier molecular flexibility index (Phi) is 5.27. The summed E-state index contributed by atoms with van der Waals surface area (Å²) in [6.07, 6.45) is 1.99. The molecule has 0 radical (unpaired) electrons. The summed E-state index contributed by atoms with van der Waals surface area (Å²) in [6, 6.07) is 15.7. The van der Waals surface area contributed by atoms with Crippen LogP contribution in [0.15, 0.2) is 52.3 Å². The Hall–Kier alpha value is -1.25. The van der Waals surface area contributed by atoms with Gasteiger partial charge in [-0.05, 0) is 56.0 Å². The van der Waals surface area contributed by atoms with Crippen LogP contribution in [0.3, 0.4) is 0 Å². The van der Waals surface area contributed by atoms with Gasteiger partial charge >= 0.3 is 0 Å². The second kappa shape index (κ2) is 6.96. The summed E-state index contributed by atoms with van der Waals surface area (Å²) in [6.45, 7) is 6.44. The first kappa shape index (κ1) is 15.1. The molecular weight excluding hydrogens is 262 g/mol. The van der Waals surface area contributed by atoms with Gasteiger partial charge in [0.25, 0.3) is 0 Å². The molecule has 0 saturated carbocycles. The fraction of sp³-hybridized carbons (Fsp3) is 0.333. The fourth-order valence-electron chi connectivity index (χ4n) is 2.18. The van der Waals surface area contributed by atoms with Crippen LogP contribution in [0.4, 0.5) is 0 Å². The van der Waals surface area contributed by atoms with E-state index in [0.717, 1.165) is 12.8 Å². The lowest BCUT2D eigenvalue weighted by atomic mass is 10.1. The average Bonchev–Trinajstić information content (AvgIpc) is 2.44. The number of benzene rings is 2. The van der Waals surface area contributed by atoms with Crippen LogP contribution in [-0.4, -0.2) is 6.04 Å². The highest BCUT2D eigenvalue weighted by Gasteiger charge is 2.04. The van der Waals surface area contributed by atoms with Gasteiger partial charge in [0.05, 0.1) is 0 Å². The van der Waals surface area contributed by atoms with Crippen molar-refractivity contribution in [2.24, 2.45) is 5.73 Å². The standard InChI is InChI=1S/C18H23NS/c1-4-16(19)12-15-6-8-17(9-7-15)20-18-10-5-13(2)11-14(18)3/h5-11,16H,4,12,19H2,1-3H3. The van der Waals surface area contributed by atoms with Gasteiger partial charge in [-0.15, -0.1) is 0 Å². The van der Waals surface area contributed by atoms with E-state index in [9.17, 15) is 0 Å². The van der Waals surface area contributed by atoms with Crippen molar-refractivity contribution in [3.05, 3.63) is 59.2 Å². The molecule has 0 spiro atoms. The van der Waals surface area contributed by atoms with Crippen LogP contribution in [0, 0.1) is 13.8 Å². The molecule has 0 bridgehead atoms. The first-order valence-corrected chi connectivity index (χ1v) is 7.99. The molecule has 20 heavy (non-hydrogen) atoms. The lowest BCUT2D eigenvalue weighted by molar-refractivity contribution is 0.646. The number of nitrogens with two attached hydrogens (primary N) is 1. The minimum Gasteiger partial charge on any atom is -0.327 e. The minimum atomic E-state index is 0.271. The van der Waals surface area contributed by atoms with Crippen LogP contribution in [0.5, 0.6) is 0 Å². The smallest absolute Gasteiger partial charge is 0.0151 e. The van der Waals surface area contributed by atoms with Crippen LogP contribution in [0.2, 0.25) is 0 Å².